The standard InChI is InChI=1S/C14H32N2O/c1-13(14(2,3)4)7-10-16(5)11-8-15-9-12-17-6/h13,15H,7-12H2,1-6H3. The summed E-state index contributed by atoms with van der Waals surface area (Å²) >= 11 is 0. The smallest absolute Gasteiger partial charge is 0.0587 e. The maximum absolute atomic E-state index is 4.99. The van der Waals surface area contributed by atoms with Crippen LogP contribution < -0.4 is 5.32 Å². The van der Waals surface area contributed by atoms with Gasteiger partial charge in [-0.25, -0.2) is 0 Å². The number of hydrogen-bond acceptors (Lipinski definition) is 3. The van der Waals surface area contributed by atoms with Crippen LogP contribution in [-0.4, -0.2) is 51.8 Å². The molecule has 0 bridgehead atoms. The monoisotopic (exact) mass is 244 g/mol. The molecule has 0 saturated heterocycles. The average Bonchev–Trinajstić information content (AvgIpc) is 2.24. The molecule has 3 heteroatoms. The zero-order chi connectivity index (χ0) is 13.3. The van der Waals surface area contributed by atoms with Crippen molar-refractivity contribution in [2.75, 3.05) is 46.9 Å². The number of hydrogen-bond donors (Lipinski definition) is 1. The fraction of sp³-hybridized carbons (Fsp3) is 1.00. The first-order chi connectivity index (χ1) is 7.88. The molecular formula is C14H32N2O. The number of rotatable bonds is 9. The molecule has 3 nitrogen and oxygen atoms in total. The van der Waals surface area contributed by atoms with E-state index < -0.39 is 0 Å². The molecule has 0 aliphatic carbocycles. The van der Waals surface area contributed by atoms with Gasteiger partial charge in [-0.05, 0) is 31.3 Å². The number of nitrogens with one attached hydrogen (secondary N) is 1. The largest absolute Gasteiger partial charge is 0.383 e. The molecule has 0 spiro atoms. The van der Waals surface area contributed by atoms with Crippen LogP contribution in [0, 0.1) is 11.3 Å². The van der Waals surface area contributed by atoms with Crippen molar-refractivity contribution in [1.29, 1.82) is 0 Å². The number of methoxy groups -OCH3 is 1. The van der Waals surface area contributed by atoms with Crippen LogP contribution in [0.3, 0.4) is 0 Å². The van der Waals surface area contributed by atoms with Crippen LogP contribution in [-0.2, 0) is 4.74 Å². The van der Waals surface area contributed by atoms with Crippen LogP contribution in [0.4, 0.5) is 0 Å². The summed E-state index contributed by atoms with van der Waals surface area (Å²) in [6.07, 6.45) is 1.28. The highest BCUT2D eigenvalue weighted by Gasteiger charge is 2.19. The van der Waals surface area contributed by atoms with E-state index >= 15 is 0 Å². The van der Waals surface area contributed by atoms with Crippen molar-refractivity contribution < 1.29 is 4.74 Å². The summed E-state index contributed by atoms with van der Waals surface area (Å²) in [5, 5.41) is 3.37. The van der Waals surface area contributed by atoms with Gasteiger partial charge in [0.05, 0.1) is 6.61 Å². The van der Waals surface area contributed by atoms with Crippen LogP contribution >= 0.6 is 0 Å². The van der Waals surface area contributed by atoms with Gasteiger partial charge in [0.2, 0.25) is 0 Å². The first-order valence-corrected chi connectivity index (χ1v) is 6.76. The van der Waals surface area contributed by atoms with Crippen molar-refractivity contribution >= 4 is 0 Å². The van der Waals surface area contributed by atoms with E-state index in [1.807, 2.05) is 0 Å². The second kappa shape index (κ2) is 8.90. The molecule has 0 rings (SSSR count). The van der Waals surface area contributed by atoms with Gasteiger partial charge in [-0.15, -0.1) is 0 Å². The third-order valence-corrected chi connectivity index (χ3v) is 3.58. The SMILES string of the molecule is COCCNCCN(C)CCC(C)C(C)(C)C. The zero-order valence-electron chi connectivity index (χ0n) is 12.7. The first-order valence-electron chi connectivity index (χ1n) is 6.76. The van der Waals surface area contributed by atoms with Crippen LogP contribution in [0.2, 0.25) is 0 Å². The molecule has 0 amide bonds. The average molecular weight is 244 g/mol. The van der Waals surface area contributed by atoms with Crippen LogP contribution in [0.25, 0.3) is 0 Å². The maximum atomic E-state index is 4.99. The lowest BCUT2D eigenvalue weighted by molar-refractivity contribution is 0.194. The van der Waals surface area contributed by atoms with Gasteiger partial charge >= 0.3 is 0 Å². The van der Waals surface area contributed by atoms with Crippen molar-refractivity contribution in [3.8, 4) is 0 Å². The summed E-state index contributed by atoms with van der Waals surface area (Å²) in [4.78, 5) is 2.40. The molecule has 0 aromatic heterocycles. The Labute approximate surface area is 108 Å². The van der Waals surface area contributed by atoms with Gasteiger partial charge in [0.1, 0.15) is 0 Å². The quantitative estimate of drug-likeness (QED) is 0.630. The lowest BCUT2D eigenvalue weighted by Gasteiger charge is -2.29. The van der Waals surface area contributed by atoms with E-state index in [0.29, 0.717) is 5.41 Å². The zero-order valence-corrected chi connectivity index (χ0v) is 12.7. The van der Waals surface area contributed by atoms with E-state index in [-0.39, 0.29) is 0 Å². The summed E-state index contributed by atoms with van der Waals surface area (Å²) in [6.45, 7) is 14.4. The van der Waals surface area contributed by atoms with E-state index in [1.54, 1.807) is 7.11 Å². The Hall–Kier alpha value is -0.120. The minimum Gasteiger partial charge on any atom is -0.383 e. The predicted molar refractivity (Wildman–Crippen MR) is 75.5 cm³/mol. The van der Waals surface area contributed by atoms with Gasteiger partial charge in [-0.2, -0.15) is 0 Å². The second-order valence-corrected chi connectivity index (χ2v) is 6.10. The van der Waals surface area contributed by atoms with Gasteiger partial charge in [0.15, 0.2) is 0 Å². The number of nitrogens with zero attached hydrogens (tertiary/aromatic N) is 1. The molecule has 0 radical (unpaired) electrons. The highest BCUT2D eigenvalue weighted by Crippen LogP contribution is 2.27. The van der Waals surface area contributed by atoms with Gasteiger partial charge in [-0.1, -0.05) is 27.7 Å². The summed E-state index contributed by atoms with van der Waals surface area (Å²) in [6, 6.07) is 0. The maximum Gasteiger partial charge on any atom is 0.0587 e. The topological polar surface area (TPSA) is 24.5 Å². The highest BCUT2D eigenvalue weighted by atomic mass is 16.5. The molecule has 104 valence electrons. The normalized spacial score (nSPS) is 14.3. The van der Waals surface area contributed by atoms with E-state index in [1.165, 1.54) is 13.0 Å². The molecule has 0 aromatic carbocycles. The van der Waals surface area contributed by atoms with Crippen molar-refractivity contribution in [3.05, 3.63) is 0 Å². The van der Waals surface area contributed by atoms with Gasteiger partial charge in [-0.3, -0.25) is 0 Å². The third kappa shape index (κ3) is 9.57. The van der Waals surface area contributed by atoms with Crippen LogP contribution in [0.15, 0.2) is 0 Å². The van der Waals surface area contributed by atoms with Crippen molar-refractivity contribution in [2.45, 2.75) is 34.1 Å². The predicted octanol–water partition coefficient (Wildman–Crippen LogP) is 2.23. The number of likely N-dealkylation sites (N-methyl/N-ethyl adjacent to an activating group) is 1. The fourth-order valence-electron chi connectivity index (χ4n) is 1.53. The van der Waals surface area contributed by atoms with Gasteiger partial charge in [0.25, 0.3) is 0 Å². The Morgan fingerprint density at radius 2 is 1.82 bits per heavy atom. The van der Waals surface area contributed by atoms with Gasteiger partial charge in [0, 0.05) is 26.7 Å². The molecule has 1 atom stereocenters. The molecule has 0 aliphatic rings. The Kier molecular flexibility index (Phi) is 8.83. The molecule has 0 fully saturated rings. The minimum absolute atomic E-state index is 0.428. The van der Waals surface area contributed by atoms with Crippen LogP contribution in [0.1, 0.15) is 34.1 Å². The third-order valence-electron chi connectivity index (χ3n) is 3.58. The molecule has 0 heterocycles. The molecule has 1 unspecified atom stereocenters. The Morgan fingerprint density at radius 1 is 1.18 bits per heavy atom. The summed E-state index contributed by atoms with van der Waals surface area (Å²) < 4.78 is 4.99. The van der Waals surface area contributed by atoms with Gasteiger partial charge < -0.3 is 15.0 Å². The summed E-state index contributed by atoms with van der Waals surface area (Å²) in [5.41, 5.74) is 0.428. The summed E-state index contributed by atoms with van der Waals surface area (Å²) in [7, 11) is 3.94. The van der Waals surface area contributed by atoms with E-state index in [9.17, 15) is 0 Å². The lowest BCUT2D eigenvalue weighted by atomic mass is 9.80. The molecule has 1 N–H and O–H groups in total. The second-order valence-electron chi connectivity index (χ2n) is 6.10. The Balaban J connectivity index is 3.49. The molecule has 0 aliphatic heterocycles. The van der Waals surface area contributed by atoms with E-state index in [2.05, 4.69) is 45.0 Å². The van der Waals surface area contributed by atoms with Crippen molar-refractivity contribution in [1.82, 2.24) is 10.2 Å². The fourth-order valence-corrected chi connectivity index (χ4v) is 1.53. The Morgan fingerprint density at radius 3 is 2.35 bits per heavy atom. The minimum atomic E-state index is 0.428. The molecule has 0 saturated carbocycles. The number of ether oxygens (including phenoxy) is 1. The van der Waals surface area contributed by atoms with Crippen molar-refractivity contribution in [2.24, 2.45) is 11.3 Å². The van der Waals surface area contributed by atoms with E-state index in [0.717, 1.165) is 32.2 Å². The molecule has 0 aromatic rings. The lowest BCUT2D eigenvalue weighted by Crippen LogP contribution is -2.32. The first kappa shape index (κ1) is 16.9. The highest BCUT2D eigenvalue weighted by molar-refractivity contribution is 4.71. The van der Waals surface area contributed by atoms with Crippen LogP contribution in [0.5, 0.6) is 0 Å². The Bertz CT molecular complexity index is 178. The molecular weight excluding hydrogens is 212 g/mol. The molecule has 17 heavy (non-hydrogen) atoms. The van der Waals surface area contributed by atoms with E-state index in [4.69, 9.17) is 4.74 Å². The summed E-state index contributed by atoms with van der Waals surface area (Å²) in [5.74, 6) is 0.770. The van der Waals surface area contributed by atoms with Crippen molar-refractivity contribution in [3.63, 3.8) is 0 Å².